The SMILES string of the molecule is [CH2]C(NC=O)n1cccc1. The van der Waals surface area contributed by atoms with Crippen LogP contribution in [0.25, 0.3) is 0 Å². The van der Waals surface area contributed by atoms with Gasteiger partial charge in [-0.05, 0) is 19.1 Å². The van der Waals surface area contributed by atoms with Gasteiger partial charge in [0, 0.05) is 12.4 Å². The van der Waals surface area contributed by atoms with Crippen molar-refractivity contribution in [3.63, 3.8) is 0 Å². The van der Waals surface area contributed by atoms with Crippen LogP contribution in [0.5, 0.6) is 0 Å². The molecule has 0 saturated carbocycles. The third-order valence-electron chi connectivity index (χ3n) is 1.25. The molecule has 0 aliphatic carbocycles. The molecule has 1 aromatic heterocycles. The first-order valence-electron chi connectivity index (χ1n) is 3.00. The number of amides is 1. The molecular weight excluding hydrogens is 128 g/mol. The minimum atomic E-state index is -0.201. The summed E-state index contributed by atoms with van der Waals surface area (Å²) in [4.78, 5) is 9.95. The molecule has 1 radical (unpaired) electrons. The van der Waals surface area contributed by atoms with Gasteiger partial charge in [0.05, 0.1) is 0 Å². The predicted molar refractivity (Wildman–Crippen MR) is 38.0 cm³/mol. The maximum atomic E-state index is 9.95. The van der Waals surface area contributed by atoms with Crippen LogP contribution < -0.4 is 5.32 Å². The number of nitrogens with zero attached hydrogens (tertiary/aromatic N) is 1. The summed E-state index contributed by atoms with van der Waals surface area (Å²) in [7, 11) is 0. The molecule has 1 aromatic rings. The van der Waals surface area contributed by atoms with Gasteiger partial charge in [0.1, 0.15) is 6.17 Å². The van der Waals surface area contributed by atoms with Crippen molar-refractivity contribution in [3.8, 4) is 0 Å². The van der Waals surface area contributed by atoms with Crippen molar-refractivity contribution in [2.24, 2.45) is 0 Å². The Bertz CT molecular complexity index is 193. The second-order valence-corrected chi connectivity index (χ2v) is 1.93. The Labute approximate surface area is 59.7 Å². The number of hydrogen-bond acceptors (Lipinski definition) is 1. The molecule has 3 nitrogen and oxygen atoms in total. The van der Waals surface area contributed by atoms with Crippen LogP contribution in [-0.2, 0) is 4.79 Å². The Balaban J connectivity index is 2.58. The molecule has 0 spiro atoms. The third kappa shape index (κ3) is 1.37. The van der Waals surface area contributed by atoms with Crippen molar-refractivity contribution in [1.29, 1.82) is 0 Å². The van der Waals surface area contributed by atoms with Crippen molar-refractivity contribution in [3.05, 3.63) is 31.5 Å². The smallest absolute Gasteiger partial charge is 0.208 e. The molecule has 1 amide bonds. The van der Waals surface area contributed by atoms with E-state index in [1.165, 1.54) is 0 Å². The lowest BCUT2D eigenvalue weighted by Gasteiger charge is -2.10. The number of hydrogen-bond donors (Lipinski definition) is 1. The molecule has 1 atom stereocenters. The lowest BCUT2D eigenvalue weighted by atomic mass is 10.5. The summed E-state index contributed by atoms with van der Waals surface area (Å²) >= 11 is 0. The van der Waals surface area contributed by atoms with E-state index < -0.39 is 0 Å². The molecule has 0 saturated heterocycles. The quantitative estimate of drug-likeness (QED) is 0.607. The van der Waals surface area contributed by atoms with Crippen LogP contribution in [0.2, 0.25) is 0 Å². The average molecular weight is 137 g/mol. The van der Waals surface area contributed by atoms with E-state index in [4.69, 9.17) is 0 Å². The van der Waals surface area contributed by atoms with Crippen LogP contribution >= 0.6 is 0 Å². The molecule has 0 aliphatic heterocycles. The van der Waals surface area contributed by atoms with Crippen molar-refractivity contribution in [2.45, 2.75) is 6.17 Å². The number of nitrogens with one attached hydrogen (secondary N) is 1. The summed E-state index contributed by atoms with van der Waals surface area (Å²) in [5.41, 5.74) is 0. The van der Waals surface area contributed by atoms with E-state index in [9.17, 15) is 4.79 Å². The number of aromatic nitrogens is 1. The Morgan fingerprint density at radius 1 is 1.50 bits per heavy atom. The minimum absolute atomic E-state index is 0.201. The van der Waals surface area contributed by atoms with Gasteiger partial charge in [-0.15, -0.1) is 0 Å². The van der Waals surface area contributed by atoms with E-state index in [-0.39, 0.29) is 6.17 Å². The number of rotatable bonds is 3. The molecule has 0 aromatic carbocycles. The molecule has 10 heavy (non-hydrogen) atoms. The predicted octanol–water partition coefficient (Wildman–Crippen LogP) is 0.567. The van der Waals surface area contributed by atoms with Gasteiger partial charge >= 0.3 is 0 Å². The van der Waals surface area contributed by atoms with Crippen LogP contribution in [-0.4, -0.2) is 11.0 Å². The number of carbonyl (C=O) groups is 1. The molecule has 1 N–H and O–H groups in total. The molecule has 53 valence electrons. The maximum Gasteiger partial charge on any atom is 0.208 e. The van der Waals surface area contributed by atoms with Gasteiger partial charge in [0.2, 0.25) is 6.41 Å². The zero-order valence-corrected chi connectivity index (χ0v) is 5.53. The molecule has 0 fully saturated rings. The highest BCUT2D eigenvalue weighted by Gasteiger charge is 1.97. The molecule has 0 aliphatic rings. The first-order chi connectivity index (χ1) is 4.84. The van der Waals surface area contributed by atoms with Crippen LogP contribution in [0.4, 0.5) is 0 Å². The van der Waals surface area contributed by atoms with Crippen molar-refractivity contribution in [2.75, 3.05) is 0 Å². The van der Waals surface area contributed by atoms with Crippen LogP contribution in [0.15, 0.2) is 24.5 Å². The topological polar surface area (TPSA) is 34.0 Å². The normalized spacial score (nSPS) is 12.5. The third-order valence-corrected chi connectivity index (χ3v) is 1.25. The summed E-state index contributed by atoms with van der Waals surface area (Å²) in [6.45, 7) is 3.69. The Kier molecular flexibility index (Phi) is 2.10. The second-order valence-electron chi connectivity index (χ2n) is 1.93. The highest BCUT2D eigenvalue weighted by molar-refractivity contribution is 5.46. The van der Waals surface area contributed by atoms with Gasteiger partial charge in [-0.1, -0.05) is 0 Å². The summed E-state index contributed by atoms with van der Waals surface area (Å²) in [6.07, 6.45) is 4.12. The summed E-state index contributed by atoms with van der Waals surface area (Å²) in [5.74, 6) is 0. The first kappa shape index (κ1) is 6.86. The zero-order chi connectivity index (χ0) is 7.40. The van der Waals surface area contributed by atoms with Crippen LogP contribution in [0.3, 0.4) is 0 Å². The number of carbonyl (C=O) groups excluding carboxylic acids is 1. The Hall–Kier alpha value is -1.25. The first-order valence-corrected chi connectivity index (χ1v) is 3.00. The van der Waals surface area contributed by atoms with Crippen molar-refractivity contribution >= 4 is 6.41 Å². The van der Waals surface area contributed by atoms with Gasteiger partial charge in [0.25, 0.3) is 0 Å². The zero-order valence-electron chi connectivity index (χ0n) is 5.53. The fourth-order valence-corrected chi connectivity index (χ4v) is 0.720. The molecule has 1 unspecified atom stereocenters. The van der Waals surface area contributed by atoms with Crippen LogP contribution in [0, 0.1) is 6.92 Å². The molecule has 1 heterocycles. The summed E-state index contributed by atoms with van der Waals surface area (Å²) in [5, 5.41) is 2.52. The van der Waals surface area contributed by atoms with E-state index in [0.29, 0.717) is 6.41 Å². The molecule has 3 heteroatoms. The summed E-state index contributed by atoms with van der Waals surface area (Å²) < 4.78 is 1.80. The van der Waals surface area contributed by atoms with E-state index in [1.807, 2.05) is 24.5 Å². The molecule has 1 rings (SSSR count). The maximum absolute atomic E-state index is 9.95. The Morgan fingerprint density at radius 3 is 2.60 bits per heavy atom. The van der Waals surface area contributed by atoms with E-state index >= 15 is 0 Å². The second kappa shape index (κ2) is 3.06. The largest absolute Gasteiger partial charge is 0.338 e. The van der Waals surface area contributed by atoms with Gasteiger partial charge in [-0.2, -0.15) is 0 Å². The highest BCUT2D eigenvalue weighted by atomic mass is 16.1. The van der Waals surface area contributed by atoms with E-state index in [1.54, 1.807) is 4.57 Å². The fourth-order valence-electron chi connectivity index (χ4n) is 0.720. The fraction of sp³-hybridized carbons (Fsp3) is 0.143. The monoisotopic (exact) mass is 137 g/mol. The van der Waals surface area contributed by atoms with Crippen molar-refractivity contribution < 1.29 is 4.79 Å². The van der Waals surface area contributed by atoms with E-state index in [0.717, 1.165) is 0 Å². The van der Waals surface area contributed by atoms with Crippen LogP contribution in [0.1, 0.15) is 6.17 Å². The molecule has 0 bridgehead atoms. The summed E-state index contributed by atoms with van der Waals surface area (Å²) in [6, 6.07) is 3.76. The minimum Gasteiger partial charge on any atom is -0.338 e. The highest BCUT2D eigenvalue weighted by Crippen LogP contribution is 1.98. The standard InChI is InChI=1S/C7H9N2O/c1-7(8-6-10)9-4-2-3-5-9/h2-7H,1H2,(H,8,10). The van der Waals surface area contributed by atoms with Crippen molar-refractivity contribution in [1.82, 2.24) is 9.88 Å². The Morgan fingerprint density at radius 2 is 2.10 bits per heavy atom. The van der Waals surface area contributed by atoms with E-state index in [2.05, 4.69) is 12.2 Å². The average Bonchev–Trinajstić information content (AvgIpc) is 2.38. The van der Waals surface area contributed by atoms with Gasteiger partial charge in [0.15, 0.2) is 0 Å². The van der Waals surface area contributed by atoms with Gasteiger partial charge < -0.3 is 9.88 Å². The lowest BCUT2D eigenvalue weighted by Crippen LogP contribution is -2.21. The van der Waals surface area contributed by atoms with Gasteiger partial charge in [-0.25, -0.2) is 0 Å². The van der Waals surface area contributed by atoms with Gasteiger partial charge in [-0.3, -0.25) is 4.79 Å². The lowest BCUT2D eigenvalue weighted by molar-refractivity contribution is -0.110. The molecular formula is C7H9N2O.